The molecule has 8 heteroatoms. The van der Waals surface area contributed by atoms with Crippen LogP contribution >= 0.6 is 11.3 Å². The number of hydrogen-bond donors (Lipinski definition) is 2. The smallest absolute Gasteiger partial charge is 0.265 e. The second-order valence-electron chi connectivity index (χ2n) is 8.73. The van der Waals surface area contributed by atoms with E-state index < -0.39 is 0 Å². The Balaban J connectivity index is 1.50. The van der Waals surface area contributed by atoms with Crippen LogP contribution in [0.25, 0.3) is 0 Å². The maximum atomic E-state index is 13.4. The van der Waals surface area contributed by atoms with Crippen molar-refractivity contribution >= 4 is 28.8 Å². The van der Waals surface area contributed by atoms with Gasteiger partial charge in [-0.05, 0) is 59.3 Å². The van der Waals surface area contributed by atoms with Crippen LogP contribution in [0.2, 0.25) is 0 Å². The minimum atomic E-state index is -0.249. The first-order valence-corrected chi connectivity index (χ1v) is 11.6. The summed E-state index contributed by atoms with van der Waals surface area (Å²) < 4.78 is 10.8. The molecule has 0 fully saturated rings. The van der Waals surface area contributed by atoms with Gasteiger partial charge in [-0.3, -0.25) is 9.59 Å². The van der Waals surface area contributed by atoms with Gasteiger partial charge in [0.2, 0.25) is 6.79 Å². The molecule has 2 aromatic carbocycles. The summed E-state index contributed by atoms with van der Waals surface area (Å²) >= 11 is 1.39. The fourth-order valence-electron chi connectivity index (χ4n) is 3.51. The van der Waals surface area contributed by atoms with Gasteiger partial charge in [0.25, 0.3) is 11.8 Å². The summed E-state index contributed by atoms with van der Waals surface area (Å²) in [7, 11) is 0. The molecule has 0 saturated heterocycles. The molecule has 1 aliphatic rings. The number of amides is 2. The van der Waals surface area contributed by atoms with Crippen LogP contribution in [0.3, 0.4) is 0 Å². The van der Waals surface area contributed by atoms with E-state index in [2.05, 4.69) is 5.32 Å². The molecule has 0 bridgehead atoms. The second-order valence-corrected chi connectivity index (χ2v) is 9.67. The number of carbonyl (C=O) groups excluding carboxylic acids is 2. The van der Waals surface area contributed by atoms with Crippen molar-refractivity contribution < 1.29 is 19.1 Å². The van der Waals surface area contributed by atoms with Gasteiger partial charge in [0, 0.05) is 24.3 Å². The van der Waals surface area contributed by atoms with Crippen LogP contribution in [0.5, 0.6) is 11.5 Å². The summed E-state index contributed by atoms with van der Waals surface area (Å²) in [6.45, 7) is 5.59. The lowest BCUT2D eigenvalue weighted by atomic mass is 9.92. The Morgan fingerprint density at radius 3 is 2.55 bits per heavy atom. The molecular weight excluding hydrogens is 438 g/mol. The summed E-state index contributed by atoms with van der Waals surface area (Å²) in [5.41, 5.74) is 7.89. The molecule has 0 aliphatic carbocycles. The van der Waals surface area contributed by atoms with Gasteiger partial charge in [-0.25, -0.2) is 0 Å². The van der Waals surface area contributed by atoms with Crippen LogP contribution in [0.15, 0.2) is 60.0 Å². The highest BCUT2D eigenvalue weighted by atomic mass is 32.1. The van der Waals surface area contributed by atoms with E-state index in [1.165, 1.54) is 11.3 Å². The number of nitrogens with one attached hydrogen (secondary N) is 1. The summed E-state index contributed by atoms with van der Waals surface area (Å²) in [5, 5.41) is 4.76. The molecule has 2 heterocycles. The number of nitrogens with zero attached hydrogens (tertiary/aromatic N) is 1. The molecular formula is C25H27N3O4S. The quantitative estimate of drug-likeness (QED) is 0.516. The average Bonchev–Trinajstić information content (AvgIpc) is 3.51. The Kier molecular flexibility index (Phi) is 6.67. The minimum Gasteiger partial charge on any atom is -0.454 e. The van der Waals surface area contributed by atoms with Gasteiger partial charge in [-0.15, -0.1) is 11.3 Å². The van der Waals surface area contributed by atoms with E-state index in [0.29, 0.717) is 47.3 Å². The summed E-state index contributed by atoms with van der Waals surface area (Å²) in [6, 6.07) is 16.4. The molecule has 0 saturated carbocycles. The van der Waals surface area contributed by atoms with Crippen LogP contribution in [0, 0.1) is 5.41 Å². The predicted molar refractivity (Wildman–Crippen MR) is 129 cm³/mol. The largest absolute Gasteiger partial charge is 0.454 e. The minimum absolute atomic E-state index is 0.107. The molecule has 0 spiro atoms. The zero-order valence-electron chi connectivity index (χ0n) is 18.7. The lowest BCUT2D eigenvalue weighted by Crippen LogP contribution is -2.41. The van der Waals surface area contributed by atoms with Crippen molar-refractivity contribution in [1.29, 1.82) is 0 Å². The molecule has 0 unspecified atom stereocenters. The van der Waals surface area contributed by atoms with E-state index in [9.17, 15) is 9.59 Å². The van der Waals surface area contributed by atoms with E-state index in [-0.39, 0.29) is 24.0 Å². The Labute approximate surface area is 197 Å². The highest BCUT2D eigenvalue weighted by Crippen LogP contribution is 2.33. The number of hydrogen-bond acceptors (Lipinski definition) is 6. The lowest BCUT2D eigenvalue weighted by Gasteiger charge is -2.32. The molecule has 0 atom stereocenters. The first kappa shape index (κ1) is 22.8. The zero-order chi connectivity index (χ0) is 23.4. The third-order valence-corrected chi connectivity index (χ3v) is 6.28. The number of nitrogens with two attached hydrogens (primary N) is 1. The van der Waals surface area contributed by atoms with Crippen molar-refractivity contribution in [2.24, 2.45) is 11.1 Å². The third kappa shape index (κ3) is 5.53. The Morgan fingerprint density at radius 2 is 1.85 bits per heavy atom. The standard InChI is InChI=1S/C25H27N3O4S/c1-25(2,14-26)15-28(24(30)18-7-10-20-21(12-18)32-16-31-20)13-17-5-8-19(9-6-17)27-23(29)22-4-3-11-33-22/h3-12H,13-16,26H2,1-2H3,(H,27,29). The number of anilines is 1. The summed E-state index contributed by atoms with van der Waals surface area (Å²) in [6.07, 6.45) is 0. The molecule has 3 N–H and O–H groups in total. The number of rotatable bonds is 8. The second kappa shape index (κ2) is 9.64. The number of ether oxygens (including phenoxy) is 2. The zero-order valence-corrected chi connectivity index (χ0v) is 19.5. The predicted octanol–water partition coefficient (Wildman–Crippen LogP) is 4.36. The summed E-state index contributed by atoms with van der Waals surface area (Å²) in [5.74, 6) is 0.970. The van der Waals surface area contributed by atoms with Gasteiger partial charge in [0.1, 0.15) is 0 Å². The topological polar surface area (TPSA) is 93.9 Å². The van der Waals surface area contributed by atoms with E-state index >= 15 is 0 Å². The van der Waals surface area contributed by atoms with Crippen molar-refractivity contribution in [2.45, 2.75) is 20.4 Å². The molecule has 1 aliphatic heterocycles. The molecule has 4 rings (SSSR count). The van der Waals surface area contributed by atoms with Crippen molar-refractivity contribution in [3.05, 3.63) is 76.0 Å². The summed E-state index contributed by atoms with van der Waals surface area (Å²) in [4.78, 5) is 28.1. The first-order chi connectivity index (χ1) is 15.8. The fourth-order valence-corrected chi connectivity index (χ4v) is 4.13. The van der Waals surface area contributed by atoms with Gasteiger partial charge in [-0.1, -0.05) is 32.0 Å². The highest BCUT2D eigenvalue weighted by molar-refractivity contribution is 7.12. The van der Waals surface area contributed by atoms with E-state index in [4.69, 9.17) is 15.2 Å². The Hall–Kier alpha value is -3.36. The first-order valence-electron chi connectivity index (χ1n) is 10.7. The molecule has 0 radical (unpaired) electrons. The third-order valence-electron chi connectivity index (χ3n) is 5.41. The van der Waals surface area contributed by atoms with Crippen molar-refractivity contribution in [2.75, 3.05) is 25.2 Å². The van der Waals surface area contributed by atoms with E-state index in [1.807, 2.05) is 49.6 Å². The molecule has 1 aromatic heterocycles. The monoisotopic (exact) mass is 465 g/mol. The normalized spacial score (nSPS) is 12.5. The average molecular weight is 466 g/mol. The van der Waals surface area contributed by atoms with Crippen LogP contribution in [-0.2, 0) is 6.54 Å². The van der Waals surface area contributed by atoms with Crippen LogP contribution in [-0.4, -0.2) is 36.6 Å². The van der Waals surface area contributed by atoms with Crippen molar-refractivity contribution in [3.8, 4) is 11.5 Å². The Bertz CT molecular complexity index is 1130. The maximum Gasteiger partial charge on any atom is 0.265 e. The molecule has 2 amide bonds. The van der Waals surface area contributed by atoms with Crippen molar-refractivity contribution in [1.82, 2.24) is 4.90 Å². The number of thiophene rings is 1. The van der Waals surface area contributed by atoms with E-state index in [0.717, 1.165) is 5.56 Å². The highest BCUT2D eigenvalue weighted by Gasteiger charge is 2.26. The lowest BCUT2D eigenvalue weighted by molar-refractivity contribution is 0.0673. The van der Waals surface area contributed by atoms with Crippen molar-refractivity contribution in [3.63, 3.8) is 0 Å². The SMILES string of the molecule is CC(C)(CN)CN(Cc1ccc(NC(=O)c2cccs2)cc1)C(=O)c1ccc2c(c1)OCO2. The van der Waals surface area contributed by atoms with Crippen LogP contribution in [0.4, 0.5) is 5.69 Å². The van der Waals surface area contributed by atoms with Gasteiger partial charge in [-0.2, -0.15) is 0 Å². The van der Waals surface area contributed by atoms with Gasteiger partial charge >= 0.3 is 0 Å². The fraction of sp³-hybridized carbons (Fsp3) is 0.280. The maximum absolute atomic E-state index is 13.4. The number of fused-ring (bicyclic) bond motifs is 1. The molecule has 3 aromatic rings. The van der Waals surface area contributed by atoms with Gasteiger partial charge in [0.15, 0.2) is 11.5 Å². The molecule has 7 nitrogen and oxygen atoms in total. The van der Waals surface area contributed by atoms with E-state index in [1.54, 1.807) is 29.2 Å². The number of carbonyl (C=O) groups is 2. The molecule has 33 heavy (non-hydrogen) atoms. The van der Waals surface area contributed by atoms with Gasteiger partial charge < -0.3 is 25.4 Å². The number of benzene rings is 2. The van der Waals surface area contributed by atoms with Crippen LogP contribution in [0.1, 0.15) is 39.4 Å². The van der Waals surface area contributed by atoms with Crippen LogP contribution < -0.4 is 20.5 Å². The molecule has 172 valence electrons. The van der Waals surface area contributed by atoms with Gasteiger partial charge in [0.05, 0.1) is 4.88 Å². The Morgan fingerprint density at radius 1 is 1.09 bits per heavy atom.